The molecule has 35 heavy (non-hydrogen) atoms. The highest BCUT2D eigenvalue weighted by molar-refractivity contribution is 5.81. The minimum atomic E-state index is -4.74. The van der Waals surface area contributed by atoms with Gasteiger partial charge in [0.05, 0.1) is 11.0 Å². The number of amides is 1. The molecule has 1 fully saturated rings. The van der Waals surface area contributed by atoms with Gasteiger partial charge in [0.25, 0.3) is 0 Å². The van der Waals surface area contributed by atoms with E-state index in [9.17, 15) is 18.0 Å². The summed E-state index contributed by atoms with van der Waals surface area (Å²) in [5.74, 6) is 0.544. The van der Waals surface area contributed by atoms with Gasteiger partial charge in [0.15, 0.2) is 0 Å². The summed E-state index contributed by atoms with van der Waals surface area (Å²) in [6, 6.07) is 11.8. The number of nitrogens with zero attached hydrogens (tertiary/aromatic N) is 2. The second-order valence-corrected chi connectivity index (χ2v) is 10.4. The molecule has 2 unspecified atom stereocenters. The SMILES string of the molecule is CC1CC(n2c(Nc3ccc(OC(F)(F)F)cc3)nc3cc(CCC(N)=O)ccc32)CC(C)(C)C1. The molecule has 188 valence electrons. The number of nitrogens with two attached hydrogens (primary N) is 1. The Morgan fingerprint density at radius 1 is 1.20 bits per heavy atom. The van der Waals surface area contributed by atoms with Crippen molar-refractivity contribution in [1.29, 1.82) is 0 Å². The van der Waals surface area contributed by atoms with Crippen LogP contribution in [-0.4, -0.2) is 21.8 Å². The number of nitrogens with one attached hydrogen (secondary N) is 1. The van der Waals surface area contributed by atoms with Gasteiger partial charge in [0.1, 0.15) is 5.75 Å². The summed E-state index contributed by atoms with van der Waals surface area (Å²) in [5, 5.41) is 3.30. The molecule has 9 heteroatoms. The molecular formula is C26H31F3N4O2. The van der Waals surface area contributed by atoms with Crippen LogP contribution >= 0.6 is 0 Å². The van der Waals surface area contributed by atoms with Crippen molar-refractivity contribution in [1.82, 2.24) is 9.55 Å². The molecule has 0 radical (unpaired) electrons. The monoisotopic (exact) mass is 488 g/mol. The van der Waals surface area contributed by atoms with Crippen molar-refractivity contribution in [3.05, 3.63) is 48.0 Å². The molecule has 0 aliphatic heterocycles. The zero-order valence-corrected chi connectivity index (χ0v) is 20.2. The number of rotatable bonds is 7. The van der Waals surface area contributed by atoms with Gasteiger partial charge < -0.3 is 20.4 Å². The summed E-state index contributed by atoms with van der Waals surface area (Å²) in [4.78, 5) is 16.1. The van der Waals surface area contributed by atoms with Crippen LogP contribution in [-0.2, 0) is 11.2 Å². The maximum absolute atomic E-state index is 12.5. The molecule has 4 rings (SSSR count). The van der Waals surface area contributed by atoms with Crippen LogP contribution in [0.5, 0.6) is 5.75 Å². The topological polar surface area (TPSA) is 82.2 Å². The first kappa shape index (κ1) is 24.9. The summed E-state index contributed by atoms with van der Waals surface area (Å²) < 4.78 is 43.7. The fraction of sp³-hybridized carbons (Fsp3) is 0.462. The van der Waals surface area contributed by atoms with E-state index < -0.39 is 6.36 Å². The highest BCUT2D eigenvalue weighted by Crippen LogP contribution is 2.46. The largest absolute Gasteiger partial charge is 0.573 e. The van der Waals surface area contributed by atoms with Crippen molar-refractivity contribution in [2.24, 2.45) is 17.1 Å². The minimum absolute atomic E-state index is 0.175. The number of halogens is 3. The van der Waals surface area contributed by atoms with Gasteiger partial charge in [-0.25, -0.2) is 4.98 Å². The van der Waals surface area contributed by atoms with Crippen molar-refractivity contribution in [3.8, 4) is 5.75 Å². The lowest BCUT2D eigenvalue weighted by Gasteiger charge is -2.40. The van der Waals surface area contributed by atoms with E-state index in [0.29, 0.717) is 24.0 Å². The third-order valence-electron chi connectivity index (χ3n) is 6.49. The molecule has 2 atom stereocenters. The van der Waals surface area contributed by atoms with Crippen molar-refractivity contribution in [2.75, 3.05) is 5.32 Å². The van der Waals surface area contributed by atoms with E-state index in [1.54, 1.807) is 0 Å². The molecular weight excluding hydrogens is 457 g/mol. The lowest BCUT2D eigenvalue weighted by atomic mass is 9.70. The smallest absolute Gasteiger partial charge is 0.406 e. The molecule has 3 N–H and O–H groups in total. The Morgan fingerprint density at radius 3 is 2.54 bits per heavy atom. The highest BCUT2D eigenvalue weighted by atomic mass is 19.4. The van der Waals surface area contributed by atoms with Gasteiger partial charge in [0.2, 0.25) is 11.9 Å². The number of fused-ring (bicyclic) bond motifs is 1. The number of aryl methyl sites for hydroxylation is 1. The van der Waals surface area contributed by atoms with Gasteiger partial charge in [-0.2, -0.15) is 0 Å². The molecule has 1 amide bonds. The van der Waals surface area contributed by atoms with Crippen molar-refractivity contribution >= 4 is 28.6 Å². The first-order chi connectivity index (χ1) is 16.4. The number of ether oxygens (including phenoxy) is 1. The number of alkyl halides is 3. The number of benzene rings is 2. The number of carbonyl (C=O) groups is 1. The molecule has 0 bridgehead atoms. The fourth-order valence-electron chi connectivity index (χ4n) is 5.39. The molecule has 1 aliphatic carbocycles. The molecule has 1 aromatic heterocycles. The lowest BCUT2D eigenvalue weighted by molar-refractivity contribution is -0.274. The molecule has 0 saturated heterocycles. The number of hydrogen-bond donors (Lipinski definition) is 2. The van der Waals surface area contributed by atoms with E-state index in [-0.39, 0.29) is 29.5 Å². The lowest BCUT2D eigenvalue weighted by Crippen LogP contribution is -2.29. The average Bonchev–Trinajstić information content (AvgIpc) is 3.08. The molecule has 6 nitrogen and oxygen atoms in total. The summed E-state index contributed by atoms with van der Waals surface area (Å²) in [5.41, 5.74) is 8.83. The van der Waals surface area contributed by atoms with Crippen LogP contribution in [0.2, 0.25) is 0 Å². The molecule has 1 heterocycles. The maximum atomic E-state index is 12.5. The van der Waals surface area contributed by atoms with E-state index >= 15 is 0 Å². The van der Waals surface area contributed by atoms with E-state index in [1.165, 1.54) is 24.3 Å². The van der Waals surface area contributed by atoms with E-state index in [1.807, 2.05) is 18.2 Å². The third-order valence-corrected chi connectivity index (χ3v) is 6.49. The van der Waals surface area contributed by atoms with Crippen LogP contribution in [0.1, 0.15) is 58.1 Å². The van der Waals surface area contributed by atoms with Crippen LogP contribution in [0.4, 0.5) is 24.8 Å². The Morgan fingerprint density at radius 2 is 1.91 bits per heavy atom. The number of aromatic nitrogens is 2. The Kier molecular flexibility index (Phi) is 6.71. The summed E-state index contributed by atoms with van der Waals surface area (Å²) in [7, 11) is 0. The van der Waals surface area contributed by atoms with E-state index in [2.05, 4.69) is 35.4 Å². The Hall–Kier alpha value is -3.23. The predicted octanol–water partition coefficient (Wildman–Crippen LogP) is 6.48. The standard InChI is InChI=1S/C26H31F3N4O2/c1-16-12-19(15-25(2,3)14-16)33-22-10-4-17(5-11-23(30)34)13-21(22)32-24(33)31-18-6-8-20(9-7-18)35-26(27,28)29/h4,6-10,13,16,19H,5,11-12,14-15H2,1-3H3,(H2,30,34)(H,31,32). The van der Waals surface area contributed by atoms with Crippen molar-refractivity contribution in [2.45, 2.75) is 65.3 Å². The van der Waals surface area contributed by atoms with Crippen LogP contribution in [0.3, 0.4) is 0 Å². The van der Waals surface area contributed by atoms with E-state index in [0.717, 1.165) is 35.9 Å². The van der Waals surface area contributed by atoms with Gasteiger partial charge in [-0.3, -0.25) is 4.79 Å². The quantitative estimate of drug-likeness (QED) is 0.399. The molecule has 2 aromatic carbocycles. The van der Waals surface area contributed by atoms with Crippen LogP contribution in [0.15, 0.2) is 42.5 Å². The molecule has 1 aliphatic rings. The van der Waals surface area contributed by atoms with E-state index in [4.69, 9.17) is 10.7 Å². The molecule has 1 saturated carbocycles. The van der Waals surface area contributed by atoms with Crippen LogP contribution in [0, 0.1) is 11.3 Å². The minimum Gasteiger partial charge on any atom is -0.406 e. The maximum Gasteiger partial charge on any atom is 0.573 e. The molecule has 3 aromatic rings. The first-order valence-electron chi connectivity index (χ1n) is 11.8. The fourth-order valence-corrected chi connectivity index (χ4v) is 5.39. The van der Waals surface area contributed by atoms with Crippen molar-refractivity contribution < 1.29 is 22.7 Å². The van der Waals surface area contributed by atoms with Crippen LogP contribution < -0.4 is 15.8 Å². The second-order valence-electron chi connectivity index (χ2n) is 10.4. The van der Waals surface area contributed by atoms with Gasteiger partial charge in [-0.15, -0.1) is 13.2 Å². The van der Waals surface area contributed by atoms with Gasteiger partial charge in [-0.05, 0) is 79.0 Å². The average molecular weight is 489 g/mol. The Balaban J connectivity index is 1.70. The first-order valence-corrected chi connectivity index (χ1v) is 11.8. The predicted molar refractivity (Wildman–Crippen MR) is 129 cm³/mol. The second kappa shape index (κ2) is 9.43. The van der Waals surface area contributed by atoms with Gasteiger partial charge in [0, 0.05) is 18.2 Å². The highest BCUT2D eigenvalue weighted by Gasteiger charge is 2.35. The summed E-state index contributed by atoms with van der Waals surface area (Å²) in [6.07, 6.45) is -0.797. The Bertz CT molecular complexity index is 1200. The number of primary amides is 1. The zero-order chi connectivity index (χ0) is 25.4. The van der Waals surface area contributed by atoms with Gasteiger partial charge in [-0.1, -0.05) is 26.8 Å². The van der Waals surface area contributed by atoms with Gasteiger partial charge >= 0.3 is 6.36 Å². The van der Waals surface area contributed by atoms with Crippen LogP contribution in [0.25, 0.3) is 11.0 Å². The summed E-state index contributed by atoms with van der Waals surface area (Å²) in [6.45, 7) is 6.83. The number of imidazole rings is 1. The number of anilines is 2. The van der Waals surface area contributed by atoms with Crippen molar-refractivity contribution in [3.63, 3.8) is 0 Å². The number of hydrogen-bond acceptors (Lipinski definition) is 4. The number of carbonyl (C=O) groups excluding carboxylic acids is 1. The normalized spacial score (nSPS) is 20.1. The third kappa shape index (κ3) is 6.26. The molecule has 0 spiro atoms. The zero-order valence-electron chi connectivity index (χ0n) is 20.2. The Labute approximate surface area is 202 Å². The summed E-state index contributed by atoms with van der Waals surface area (Å²) >= 11 is 0.